The molecule has 0 amide bonds. The monoisotopic (exact) mass is 569 g/mol. The zero-order valence-corrected chi connectivity index (χ0v) is 24.3. The number of hydrogen-bond donors (Lipinski definition) is 1. The molecular formula is C28H43NO11. The minimum atomic E-state index is -1.09. The van der Waals surface area contributed by atoms with Gasteiger partial charge in [-0.1, -0.05) is 40.7 Å². The Labute approximate surface area is 235 Å². The molecule has 1 rings (SSSR count). The van der Waals surface area contributed by atoms with E-state index in [1.165, 1.54) is 12.1 Å². The average molecular weight is 570 g/mol. The van der Waals surface area contributed by atoms with Crippen molar-refractivity contribution in [1.29, 1.82) is 0 Å². The second kappa shape index (κ2) is 18.7. The summed E-state index contributed by atoms with van der Waals surface area (Å²) in [5.41, 5.74) is 6.51. The number of benzene rings is 1. The third kappa shape index (κ3) is 15.2. The number of hydrogen-bond acceptors (Lipinski definition) is 12. The van der Waals surface area contributed by atoms with Gasteiger partial charge in [-0.15, -0.1) is 0 Å². The van der Waals surface area contributed by atoms with E-state index in [1.807, 2.05) is 34.6 Å². The van der Waals surface area contributed by atoms with Crippen LogP contribution in [0.3, 0.4) is 0 Å². The highest BCUT2D eigenvalue weighted by atomic mass is 16.7. The molecular weight excluding hydrogens is 526 g/mol. The Morgan fingerprint density at radius 1 is 0.750 bits per heavy atom. The second-order valence-electron chi connectivity index (χ2n) is 10.0. The lowest BCUT2D eigenvalue weighted by Gasteiger charge is -2.17. The van der Waals surface area contributed by atoms with Gasteiger partial charge in [0.1, 0.15) is 18.8 Å². The molecule has 1 aromatic rings. The van der Waals surface area contributed by atoms with Gasteiger partial charge in [0.15, 0.2) is 11.5 Å². The molecule has 0 spiro atoms. The second-order valence-corrected chi connectivity index (χ2v) is 10.0. The number of carbonyl (C=O) groups is 4. The molecule has 2 atom stereocenters. The minimum absolute atomic E-state index is 0.00280. The molecule has 0 aliphatic rings. The molecule has 0 aromatic heterocycles. The van der Waals surface area contributed by atoms with Crippen molar-refractivity contribution >= 4 is 24.4 Å². The lowest BCUT2D eigenvalue weighted by molar-refractivity contribution is -0.152. The van der Waals surface area contributed by atoms with Gasteiger partial charge in [-0.05, 0) is 62.1 Å². The van der Waals surface area contributed by atoms with E-state index < -0.39 is 36.6 Å². The lowest BCUT2D eigenvalue weighted by atomic mass is 10.1. The Kier molecular flexibility index (Phi) is 16.1. The van der Waals surface area contributed by atoms with Crippen LogP contribution >= 0.6 is 0 Å². The molecule has 2 N–H and O–H groups in total. The highest BCUT2D eigenvalue weighted by Crippen LogP contribution is 2.30. The average Bonchev–Trinajstić information content (AvgIpc) is 2.87. The maximum Gasteiger partial charge on any atom is 0.513 e. The van der Waals surface area contributed by atoms with E-state index in [4.69, 9.17) is 38.9 Å². The first-order valence-corrected chi connectivity index (χ1v) is 13.5. The van der Waals surface area contributed by atoms with E-state index >= 15 is 0 Å². The maximum atomic E-state index is 12.5. The first kappa shape index (κ1) is 34.5. The summed E-state index contributed by atoms with van der Waals surface area (Å²) in [5.74, 6) is -0.263. The number of esters is 1. The first-order chi connectivity index (χ1) is 18.9. The maximum absolute atomic E-state index is 12.5. The molecule has 226 valence electrons. The lowest BCUT2D eigenvalue weighted by Crippen LogP contribution is -2.37. The fourth-order valence-electron chi connectivity index (χ4n) is 2.91. The number of ether oxygens (including phenoxy) is 7. The van der Waals surface area contributed by atoms with E-state index in [9.17, 15) is 19.2 Å². The summed E-state index contributed by atoms with van der Waals surface area (Å²) in [6.07, 6.45) is -1.60. The highest BCUT2D eigenvalue weighted by molar-refractivity contribution is 5.76. The van der Waals surface area contributed by atoms with Gasteiger partial charge in [0.25, 0.3) is 0 Å². The number of nitrogens with two attached hydrogens (primary N) is 1. The molecule has 12 heteroatoms. The standard InChI is InChI=1S/C28H43NO11/c1-7-12-34-26(31)37-17-20(6)38-25(30)22(29)15-21-8-9-23(39-27(32)35-13-10-18(2)3)24(16-21)40-28(33)36-14-11-19(4)5/h8-9,16,18-20,22H,7,10-15,17,29H2,1-6H3/t20-,22-/m0/s1. The van der Waals surface area contributed by atoms with Gasteiger partial charge >= 0.3 is 24.4 Å². The number of carbonyl (C=O) groups excluding carboxylic acids is 4. The zero-order chi connectivity index (χ0) is 30.1. The van der Waals surface area contributed by atoms with Crippen LogP contribution < -0.4 is 15.2 Å². The molecule has 0 aliphatic carbocycles. The molecule has 40 heavy (non-hydrogen) atoms. The minimum Gasteiger partial charge on any atom is -0.458 e. The summed E-state index contributed by atoms with van der Waals surface area (Å²) in [6, 6.07) is 3.26. The smallest absolute Gasteiger partial charge is 0.458 e. The molecule has 0 unspecified atom stereocenters. The largest absolute Gasteiger partial charge is 0.513 e. The van der Waals surface area contributed by atoms with E-state index in [1.54, 1.807) is 13.0 Å². The van der Waals surface area contributed by atoms with E-state index in [0.717, 1.165) is 0 Å². The quantitative estimate of drug-likeness (QED) is 0.158. The molecule has 0 fully saturated rings. The Morgan fingerprint density at radius 3 is 1.85 bits per heavy atom. The Balaban J connectivity index is 2.85. The molecule has 0 radical (unpaired) electrons. The Morgan fingerprint density at radius 2 is 1.30 bits per heavy atom. The van der Waals surface area contributed by atoms with Crippen molar-refractivity contribution in [2.75, 3.05) is 26.4 Å². The summed E-state index contributed by atoms with van der Waals surface area (Å²) in [4.78, 5) is 48.3. The van der Waals surface area contributed by atoms with Gasteiger partial charge in [0.2, 0.25) is 0 Å². The van der Waals surface area contributed by atoms with Crippen LogP contribution in [0.4, 0.5) is 14.4 Å². The molecule has 0 aliphatic heterocycles. The van der Waals surface area contributed by atoms with Gasteiger partial charge in [-0.3, -0.25) is 4.79 Å². The summed E-state index contributed by atoms with van der Waals surface area (Å²) in [6.45, 7) is 11.7. The van der Waals surface area contributed by atoms with Crippen LogP contribution in [0.25, 0.3) is 0 Å². The fourth-order valence-corrected chi connectivity index (χ4v) is 2.91. The summed E-state index contributed by atoms with van der Waals surface area (Å²) in [5, 5.41) is 0. The van der Waals surface area contributed by atoms with E-state index in [2.05, 4.69) is 0 Å². The van der Waals surface area contributed by atoms with Crippen LogP contribution in [0.2, 0.25) is 0 Å². The van der Waals surface area contributed by atoms with Crippen LogP contribution in [0.15, 0.2) is 18.2 Å². The van der Waals surface area contributed by atoms with Gasteiger partial charge in [0.05, 0.1) is 19.8 Å². The predicted molar refractivity (Wildman–Crippen MR) is 144 cm³/mol. The first-order valence-electron chi connectivity index (χ1n) is 13.5. The summed E-state index contributed by atoms with van der Waals surface area (Å²) in [7, 11) is 0. The number of rotatable bonds is 16. The van der Waals surface area contributed by atoms with Crippen LogP contribution in [0, 0.1) is 11.8 Å². The van der Waals surface area contributed by atoms with Crippen molar-refractivity contribution in [3.05, 3.63) is 23.8 Å². The van der Waals surface area contributed by atoms with Crippen molar-refractivity contribution in [3.63, 3.8) is 0 Å². The van der Waals surface area contributed by atoms with Crippen molar-refractivity contribution < 1.29 is 52.3 Å². The van der Waals surface area contributed by atoms with Crippen LogP contribution in [0.5, 0.6) is 11.5 Å². The van der Waals surface area contributed by atoms with Gasteiger partial charge in [0, 0.05) is 0 Å². The molecule has 0 heterocycles. The summed E-state index contributed by atoms with van der Waals surface area (Å²) >= 11 is 0. The van der Waals surface area contributed by atoms with Gasteiger partial charge in [-0.25, -0.2) is 14.4 Å². The van der Waals surface area contributed by atoms with E-state index in [-0.39, 0.29) is 44.3 Å². The predicted octanol–water partition coefficient (Wildman–Crippen LogP) is 5.17. The normalized spacial score (nSPS) is 12.3. The molecule has 12 nitrogen and oxygen atoms in total. The van der Waals surface area contributed by atoms with Crippen molar-refractivity contribution in [2.24, 2.45) is 17.6 Å². The highest BCUT2D eigenvalue weighted by Gasteiger charge is 2.22. The Hall–Kier alpha value is -3.54. The molecule has 0 saturated heterocycles. The molecule has 0 saturated carbocycles. The van der Waals surface area contributed by atoms with Gasteiger partial charge in [-0.2, -0.15) is 0 Å². The molecule has 0 bridgehead atoms. The SMILES string of the molecule is CCCOC(=O)OC[C@H](C)OC(=O)[C@@H](N)Cc1ccc(OC(=O)OCCC(C)C)c(OC(=O)OCCC(C)C)c1. The van der Waals surface area contributed by atoms with Crippen LogP contribution in [0.1, 0.15) is 66.4 Å². The van der Waals surface area contributed by atoms with Crippen molar-refractivity contribution in [2.45, 2.75) is 79.4 Å². The fraction of sp³-hybridized carbons (Fsp3) is 0.643. The third-order valence-electron chi connectivity index (χ3n) is 5.16. The third-order valence-corrected chi connectivity index (χ3v) is 5.16. The van der Waals surface area contributed by atoms with Crippen molar-refractivity contribution in [1.82, 2.24) is 0 Å². The summed E-state index contributed by atoms with van der Waals surface area (Å²) < 4.78 is 35.6. The zero-order valence-electron chi connectivity index (χ0n) is 24.3. The molecule has 1 aromatic carbocycles. The Bertz CT molecular complexity index is 948. The van der Waals surface area contributed by atoms with Crippen molar-refractivity contribution in [3.8, 4) is 11.5 Å². The van der Waals surface area contributed by atoms with E-state index in [0.29, 0.717) is 36.7 Å². The van der Waals surface area contributed by atoms with Crippen LogP contribution in [-0.2, 0) is 34.9 Å². The van der Waals surface area contributed by atoms with Gasteiger partial charge < -0.3 is 38.9 Å². The topological polar surface area (TPSA) is 159 Å². The van der Waals surface area contributed by atoms with Crippen LogP contribution in [-0.4, -0.2) is 63.0 Å².